The van der Waals surface area contributed by atoms with Gasteiger partial charge in [0.2, 0.25) is 0 Å². The maximum atomic E-state index is 12.4. The number of carbonyl (C=O) groups is 2. The quantitative estimate of drug-likeness (QED) is 0.838. The van der Waals surface area contributed by atoms with Crippen molar-refractivity contribution in [2.75, 3.05) is 11.5 Å². The van der Waals surface area contributed by atoms with E-state index in [2.05, 4.69) is 29.1 Å². The second-order valence-electron chi connectivity index (χ2n) is 7.82. The van der Waals surface area contributed by atoms with Crippen molar-refractivity contribution in [2.24, 2.45) is 0 Å². The van der Waals surface area contributed by atoms with E-state index in [4.69, 9.17) is 9.47 Å². The molecule has 1 saturated heterocycles. The van der Waals surface area contributed by atoms with Crippen molar-refractivity contribution >= 4 is 17.6 Å². The maximum absolute atomic E-state index is 12.4. The number of ether oxygens (including phenoxy) is 2. The van der Waals surface area contributed by atoms with Gasteiger partial charge >= 0.3 is 12.0 Å². The molecule has 0 unspecified atom stereocenters. The van der Waals surface area contributed by atoms with Gasteiger partial charge < -0.3 is 14.8 Å². The van der Waals surface area contributed by atoms with Crippen LogP contribution < -0.4 is 19.7 Å². The largest absolute Gasteiger partial charge is 0.492 e. The van der Waals surface area contributed by atoms with Gasteiger partial charge in [0, 0.05) is 11.0 Å². The molecule has 1 aromatic heterocycles. The van der Waals surface area contributed by atoms with E-state index in [0.29, 0.717) is 12.4 Å². The first-order valence-corrected chi connectivity index (χ1v) is 8.62. The van der Waals surface area contributed by atoms with Crippen LogP contribution in [0.2, 0.25) is 0 Å². The van der Waals surface area contributed by atoms with Crippen LogP contribution in [0.25, 0.3) is 0 Å². The molecule has 1 N–H and O–H groups in total. The molecule has 2 aromatic rings. The highest BCUT2D eigenvalue weighted by molar-refractivity contribution is 6.22. The third-order valence-corrected chi connectivity index (χ3v) is 4.69. The van der Waals surface area contributed by atoms with Gasteiger partial charge in [0.05, 0.1) is 24.7 Å². The number of nitrogens with one attached hydrogen (secondary N) is 1. The minimum Gasteiger partial charge on any atom is -0.492 e. The lowest BCUT2D eigenvalue weighted by molar-refractivity contribution is -0.121. The third kappa shape index (κ3) is 2.77. The Morgan fingerprint density at radius 2 is 1.85 bits per heavy atom. The molecule has 0 saturated carbocycles. The van der Waals surface area contributed by atoms with Crippen molar-refractivity contribution in [3.63, 3.8) is 0 Å². The maximum Gasteiger partial charge on any atom is 0.329 e. The fraction of sp³-hybridized carbons (Fsp3) is 0.368. The number of imide groups is 1. The number of anilines is 1. The van der Waals surface area contributed by atoms with Gasteiger partial charge in [0.25, 0.3) is 5.91 Å². The van der Waals surface area contributed by atoms with Crippen LogP contribution >= 0.6 is 0 Å². The van der Waals surface area contributed by atoms with Gasteiger partial charge in [-0.2, -0.15) is 0 Å². The zero-order chi connectivity index (χ0) is 19.4. The molecule has 3 heterocycles. The van der Waals surface area contributed by atoms with Gasteiger partial charge in [0.1, 0.15) is 17.0 Å². The summed E-state index contributed by atoms with van der Waals surface area (Å²) in [6.45, 7) is 8.02. The molecule has 0 atom stereocenters. The Balaban J connectivity index is 1.60. The summed E-state index contributed by atoms with van der Waals surface area (Å²) in [7, 11) is 0. The Labute approximate surface area is 156 Å². The number of amides is 3. The van der Waals surface area contributed by atoms with Crippen LogP contribution in [0.3, 0.4) is 0 Å². The highest BCUT2D eigenvalue weighted by atomic mass is 16.5. The molecule has 0 bridgehead atoms. The standard InChI is InChI=1S/C19H20N4O4/c1-18(2)10-26-12-6-5-7-13(14(12)18)27-16-20-8-11(9-21-16)23-15(24)19(3,4)22-17(23)25/h5-9H,10H2,1-4H3,(H,22,25). The predicted octanol–water partition coefficient (Wildman–Crippen LogP) is 2.77. The number of hydrogen-bond acceptors (Lipinski definition) is 6. The fourth-order valence-electron chi connectivity index (χ4n) is 3.27. The molecule has 1 aromatic carbocycles. The second-order valence-corrected chi connectivity index (χ2v) is 7.82. The molecule has 3 amide bonds. The van der Waals surface area contributed by atoms with Crippen LogP contribution in [0.1, 0.15) is 33.3 Å². The minimum absolute atomic E-state index is 0.126. The molecule has 140 valence electrons. The highest BCUT2D eigenvalue weighted by Crippen LogP contribution is 2.44. The van der Waals surface area contributed by atoms with E-state index in [0.717, 1.165) is 16.2 Å². The van der Waals surface area contributed by atoms with E-state index in [1.54, 1.807) is 13.8 Å². The van der Waals surface area contributed by atoms with Crippen molar-refractivity contribution in [3.8, 4) is 17.5 Å². The zero-order valence-electron chi connectivity index (χ0n) is 15.6. The smallest absolute Gasteiger partial charge is 0.329 e. The van der Waals surface area contributed by atoms with Crippen molar-refractivity contribution in [1.29, 1.82) is 0 Å². The lowest BCUT2D eigenvalue weighted by Crippen LogP contribution is -2.40. The SMILES string of the molecule is CC1(C)NC(=O)N(c2cnc(Oc3cccc4c3C(C)(C)CO4)nc2)C1=O. The molecule has 0 aliphatic carbocycles. The van der Waals surface area contributed by atoms with E-state index in [-0.39, 0.29) is 23.0 Å². The normalized spacial score (nSPS) is 19.5. The number of nitrogens with zero attached hydrogens (tertiary/aromatic N) is 3. The first-order valence-electron chi connectivity index (χ1n) is 8.62. The van der Waals surface area contributed by atoms with Gasteiger partial charge in [-0.15, -0.1) is 0 Å². The number of urea groups is 1. The average molecular weight is 368 g/mol. The molecule has 1 fully saturated rings. The second kappa shape index (κ2) is 5.67. The predicted molar refractivity (Wildman–Crippen MR) is 97.2 cm³/mol. The van der Waals surface area contributed by atoms with Gasteiger partial charge in [0.15, 0.2) is 0 Å². The molecule has 4 rings (SSSR count). The fourth-order valence-corrected chi connectivity index (χ4v) is 3.27. The molecular formula is C19H20N4O4. The van der Waals surface area contributed by atoms with E-state index in [1.807, 2.05) is 18.2 Å². The van der Waals surface area contributed by atoms with Crippen LogP contribution in [0.5, 0.6) is 17.5 Å². The van der Waals surface area contributed by atoms with Crippen LogP contribution in [0.4, 0.5) is 10.5 Å². The monoisotopic (exact) mass is 368 g/mol. The summed E-state index contributed by atoms with van der Waals surface area (Å²) in [5.41, 5.74) is 0.117. The summed E-state index contributed by atoms with van der Waals surface area (Å²) in [6, 6.07) is 5.22. The lowest BCUT2D eigenvalue weighted by Gasteiger charge is -2.18. The number of benzene rings is 1. The molecule has 27 heavy (non-hydrogen) atoms. The number of rotatable bonds is 3. The van der Waals surface area contributed by atoms with Crippen LogP contribution in [0.15, 0.2) is 30.6 Å². The van der Waals surface area contributed by atoms with E-state index >= 15 is 0 Å². The number of aromatic nitrogens is 2. The summed E-state index contributed by atoms with van der Waals surface area (Å²) in [6.07, 6.45) is 2.79. The molecule has 2 aliphatic rings. The summed E-state index contributed by atoms with van der Waals surface area (Å²) < 4.78 is 11.6. The van der Waals surface area contributed by atoms with Crippen LogP contribution in [0, 0.1) is 0 Å². The molecule has 0 spiro atoms. The Hall–Kier alpha value is -3.16. The molecule has 8 heteroatoms. The summed E-state index contributed by atoms with van der Waals surface area (Å²) >= 11 is 0. The van der Waals surface area contributed by atoms with Gasteiger partial charge in [-0.25, -0.2) is 19.7 Å². The van der Waals surface area contributed by atoms with E-state index in [1.165, 1.54) is 12.4 Å². The molecule has 2 aliphatic heterocycles. The first kappa shape index (κ1) is 17.3. The third-order valence-electron chi connectivity index (χ3n) is 4.69. The number of carbonyl (C=O) groups excluding carboxylic acids is 2. The molecular weight excluding hydrogens is 348 g/mol. The number of fused-ring (bicyclic) bond motifs is 1. The zero-order valence-corrected chi connectivity index (χ0v) is 15.6. The van der Waals surface area contributed by atoms with Gasteiger partial charge in [-0.3, -0.25) is 4.79 Å². The molecule has 0 radical (unpaired) electrons. The Morgan fingerprint density at radius 1 is 1.15 bits per heavy atom. The van der Waals surface area contributed by atoms with E-state index in [9.17, 15) is 9.59 Å². The van der Waals surface area contributed by atoms with Crippen LogP contribution in [-0.2, 0) is 10.2 Å². The van der Waals surface area contributed by atoms with E-state index < -0.39 is 11.6 Å². The Kier molecular flexibility index (Phi) is 3.62. The van der Waals surface area contributed by atoms with Crippen molar-refractivity contribution in [3.05, 3.63) is 36.2 Å². The van der Waals surface area contributed by atoms with Gasteiger partial charge in [-0.05, 0) is 26.0 Å². The average Bonchev–Trinajstić information content (AvgIpc) is 3.02. The first-order chi connectivity index (χ1) is 12.7. The van der Waals surface area contributed by atoms with Crippen molar-refractivity contribution < 1.29 is 19.1 Å². The van der Waals surface area contributed by atoms with Gasteiger partial charge in [-0.1, -0.05) is 19.9 Å². The van der Waals surface area contributed by atoms with Crippen LogP contribution in [-0.4, -0.2) is 34.1 Å². The highest BCUT2D eigenvalue weighted by Gasteiger charge is 2.45. The Bertz CT molecular complexity index is 937. The summed E-state index contributed by atoms with van der Waals surface area (Å²) in [4.78, 5) is 33.8. The summed E-state index contributed by atoms with van der Waals surface area (Å²) in [5, 5.41) is 2.62. The lowest BCUT2D eigenvalue weighted by atomic mass is 9.86. The number of hydrogen-bond donors (Lipinski definition) is 1. The minimum atomic E-state index is -0.956. The summed E-state index contributed by atoms with van der Waals surface area (Å²) in [5.74, 6) is 1.05. The van der Waals surface area contributed by atoms with Crippen molar-refractivity contribution in [1.82, 2.24) is 15.3 Å². The van der Waals surface area contributed by atoms with Crippen molar-refractivity contribution in [2.45, 2.75) is 38.6 Å². The Morgan fingerprint density at radius 3 is 2.48 bits per heavy atom. The molecule has 8 nitrogen and oxygen atoms in total. The topological polar surface area (TPSA) is 93.7 Å².